The van der Waals surface area contributed by atoms with Gasteiger partial charge >= 0.3 is 0 Å². The van der Waals surface area contributed by atoms with Crippen molar-refractivity contribution in [1.29, 1.82) is 0 Å². The molecule has 0 aliphatic carbocycles. The molecule has 0 aliphatic heterocycles. The molecule has 2 aromatic heterocycles. The zero-order valence-electron chi connectivity index (χ0n) is 12.2. The first-order valence-corrected chi connectivity index (χ1v) is 7.97. The Balaban J connectivity index is 1.67. The van der Waals surface area contributed by atoms with E-state index in [1.807, 2.05) is 24.3 Å². The Labute approximate surface area is 136 Å². The predicted molar refractivity (Wildman–Crippen MR) is 88.1 cm³/mol. The summed E-state index contributed by atoms with van der Waals surface area (Å²) in [5.74, 6) is 0.0871. The number of furan rings is 1. The molecular weight excluding hydrogens is 314 g/mol. The van der Waals surface area contributed by atoms with E-state index in [0.717, 1.165) is 15.2 Å². The fourth-order valence-corrected chi connectivity index (χ4v) is 3.03. The fourth-order valence-electron chi connectivity index (χ4n) is 2.10. The lowest BCUT2D eigenvalue weighted by Gasteiger charge is -2.01. The van der Waals surface area contributed by atoms with E-state index in [1.165, 1.54) is 11.3 Å². The first-order valence-electron chi connectivity index (χ1n) is 7.16. The van der Waals surface area contributed by atoms with E-state index in [1.54, 1.807) is 12.1 Å². The second-order valence-electron chi connectivity index (χ2n) is 4.98. The highest BCUT2D eigenvalue weighted by Gasteiger charge is 2.14. The van der Waals surface area contributed by atoms with Crippen LogP contribution >= 0.6 is 11.3 Å². The number of nitrogens with one attached hydrogen (secondary N) is 1. The Morgan fingerprint density at radius 3 is 2.83 bits per heavy atom. The number of hydrogen-bond acceptors (Lipinski definition) is 5. The van der Waals surface area contributed by atoms with Crippen molar-refractivity contribution < 1.29 is 14.0 Å². The molecule has 0 fully saturated rings. The quantitative estimate of drug-likeness (QED) is 0.679. The average molecular weight is 329 g/mol. The van der Waals surface area contributed by atoms with E-state index in [-0.39, 0.29) is 24.0 Å². The van der Waals surface area contributed by atoms with Gasteiger partial charge in [-0.2, -0.15) is 0 Å². The van der Waals surface area contributed by atoms with Crippen molar-refractivity contribution in [1.82, 2.24) is 10.3 Å². The molecule has 3 N–H and O–H groups in total. The highest BCUT2D eigenvalue weighted by molar-refractivity contribution is 7.21. The van der Waals surface area contributed by atoms with Gasteiger partial charge in [0.15, 0.2) is 16.5 Å². The van der Waals surface area contributed by atoms with Gasteiger partial charge in [-0.05, 0) is 30.7 Å². The highest BCUT2D eigenvalue weighted by atomic mass is 32.1. The fraction of sp³-hybridized carbons (Fsp3) is 0.188. The van der Waals surface area contributed by atoms with Gasteiger partial charge in [0.2, 0.25) is 5.91 Å². The standard InChI is InChI=1S/C16H15N3O3S/c17-14(20)6-3-9-18-15(21)11-7-8-12(22-11)16-19-10-4-1-2-5-13(10)23-16/h1-2,4-5,7-8H,3,6,9H2,(H2,17,20)(H,18,21). The number of primary amides is 1. The number of carbonyl (C=O) groups is 2. The van der Waals surface area contributed by atoms with Gasteiger partial charge in [0, 0.05) is 13.0 Å². The van der Waals surface area contributed by atoms with Crippen LogP contribution in [0.3, 0.4) is 0 Å². The first kappa shape index (κ1) is 15.2. The number of thiazole rings is 1. The summed E-state index contributed by atoms with van der Waals surface area (Å²) in [5, 5.41) is 3.42. The third kappa shape index (κ3) is 3.57. The Morgan fingerprint density at radius 2 is 2.04 bits per heavy atom. The monoisotopic (exact) mass is 329 g/mol. The molecule has 2 heterocycles. The Bertz CT molecular complexity index is 820. The van der Waals surface area contributed by atoms with Gasteiger partial charge in [-0.3, -0.25) is 9.59 Å². The van der Waals surface area contributed by atoms with Crippen molar-refractivity contribution in [2.75, 3.05) is 6.54 Å². The van der Waals surface area contributed by atoms with Crippen LogP contribution in [0.4, 0.5) is 0 Å². The summed E-state index contributed by atoms with van der Waals surface area (Å²) in [6.45, 7) is 0.374. The highest BCUT2D eigenvalue weighted by Crippen LogP contribution is 2.31. The molecule has 0 saturated carbocycles. The summed E-state index contributed by atoms with van der Waals surface area (Å²) < 4.78 is 6.65. The maximum absolute atomic E-state index is 12.0. The number of fused-ring (bicyclic) bond motifs is 1. The van der Waals surface area contributed by atoms with Crippen LogP contribution in [0, 0.1) is 0 Å². The lowest BCUT2D eigenvalue weighted by Crippen LogP contribution is -2.25. The van der Waals surface area contributed by atoms with Crippen LogP contribution in [0.2, 0.25) is 0 Å². The second kappa shape index (κ2) is 6.62. The van der Waals surface area contributed by atoms with Crippen molar-refractivity contribution in [3.8, 4) is 10.8 Å². The van der Waals surface area contributed by atoms with Crippen molar-refractivity contribution >= 4 is 33.4 Å². The molecule has 7 heteroatoms. The van der Waals surface area contributed by atoms with Gasteiger partial charge in [0.05, 0.1) is 10.2 Å². The van der Waals surface area contributed by atoms with Crippen LogP contribution in [-0.4, -0.2) is 23.3 Å². The molecule has 6 nitrogen and oxygen atoms in total. The molecule has 3 rings (SSSR count). The lowest BCUT2D eigenvalue weighted by molar-refractivity contribution is -0.118. The molecule has 23 heavy (non-hydrogen) atoms. The summed E-state index contributed by atoms with van der Waals surface area (Å²) in [4.78, 5) is 27.1. The molecule has 118 valence electrons. The Hall–Kier alpha value is -2.67. The van der Waals surface area contributed by atoms with Gasteiger partial charge in [-0.25, -0.2) is 4.98 Å². The van der Waals surface area contributed by atoms with Gasteiger partial charge in [-0.1, -0.05) is 12.1 Å². The molecule has 0 atom stereocenters. The van der Waals surface area contributed by atoms with Crippen molar-refractivity contribution in [3.05, 3.63) is 42.2 Å². The number of nitrogens with zero attached hydrogens (tertiary/aromatic N) is 1. The van der Waals surface area contributed by atoms with E-state index in [2.05, 4.69) is 10.3 Å². The summed E-state index contributed by atoms with van der Waals surface area (Å²) in [6.07, 6.45) is 0.752. The van der Waals surface area contributed by atoms with E-state index in [4.69, 9.17) is 10.2 Å². The topological polar surface area (TPSA) is 98.2 Å². The molecule has 0 unspecified atom stereocenters. The number of rotatable bonds is 6. The molecule has 0 saturated heterocycles. The van der Waals surface area contributed by atoms with Crippen LogP contribution in [-0.2, 0) is 4.79 Å². The molecule has 1 aromatic carbocycles. The summed E-state index contributed by atoms with van der Waals surface area (Å²) in [5.41, 5.74) is 5.95. The lowest BCUT2D eigenvalue weighted by atomic mass is 10.3. The number of nitrogens with two attached hydrogens (primary N) is 1. The number of hydrogen-bond donors (Lipinski definition) is 2. The molecular formula is C16H15N3O3S. The molecule has 0 radical (unpaired) electrons. The normalized spacial score (nSPS) is 10.8. The number of amides is 2. The minimum absolute atomic E-state index is 0.221. The van der Waals surface area contributed by atoms with Crippen LogP contribution in [0.15, 0.2) is 40.8 Å². The van der Waals surface area contributed by atoms with Gasteiger partial charge < -0.3 is 15.5 Å². The predicted octanol–water partition coefficient (Wildman–Crippen LogP) is 2.55. The second-order valence-corrected chi connectivity index (χ2v) is 6.01. The van der Waals surface area contributed by atoms with E-state index < -0.39 is 0 Å². The largest absolute Gasteiger partial charge is 0.448 e. The first-order chi connectivity index (χ1) is 11.1. The minimum atomic E-state index is -0.379. The van der Waals surface area contributed by atoms with Crippen LogP contribution < -0.4 is 11.1 Å². The average Bonchev–Trinajstić information content (AvgIpc) is 3.17. The molecule has 3 aromatic rings. The maximum atomic E-state index is 12.0. The summed E-state index contributed by atoms with van der Waals surface area (Å²) in [6, 6.07) is 11.2. The van der Waals surface area contributed by atoms with Crippen molar-refractivity contribution in [2.45, 2.75) is 12.8 Å². The maximum Gasteiger partial charge on any atom is 0.287 e. The smallest absolute Gasteiger partial charge is 0.287 e. The molecule has 0 aliphatic rings. The SMILES string of the molecule is NC(=O)CCCNC(=O)c1ccc(-c2nc3ccccc3s2)o1. The van der Waals surface area contributed by atoms with Crippen molar-refractivity contribution in [3.63, 3.8) is 0 Å². The number of carbonyl (C=O) groups excluding carboxylic acids is 2. The van der Waals surface area contributed by atoms with Gasteiger partial charge in [0.25, 0.3) is 5.91 Å². The number of benzene rings is 1. The van der Waals surface area contributed by atoms with Crippen LogP contribution in [0.5, 0.6) is 0 Å². The third-order valence-electron chi connectivity index (χ3n) is 3.22. The minimum Gasteiger partial charge on any atom is -0.448 e. The summed E-state index contributed by atoms with van der Waals surface area (Å²) in [7, 11) is 0. The van der Waals surface area contributed by atoms with Crippen LogP contribution in [0.25, 0.3) is 21.0 Å². The third-order valence-corrected chi connectivity index (χ3v) is 4.27. The zero-order valence-corrected chi connectivity index (χ0v) is 13.1. The van der Waals surface area contributed by atoms with Crippen LogP contribution in [0.1, 0.15) is 23.4 Å². The molecule has 2 amide bonds. The number of aromatic nitrogens is 1. The Kier molecular flexibility index (Phi) is 4.38. The van der Waals surface area contributed by atoms with E-state index in [9.17, 15) is 9.59 Å². The summed E-state index contributed by atoms with van der Waals surface area (Å²) >= 11 is 1.51. The molecule has 0 bridgehead atoms. The van der Waals surface area contributed by atoms with Gasteiger partial charge in [-0.15, -0.1) is 11.3 Å². The van der Waals surface area contributed by atoms with Crippen molar-refractivity contribution in [2.24, 2.45) is 5.73 Å². The number of para-hydroxylation sites is 1. The van der Waals surface area contributed by atoms with Gasteiger partial charge in [0.1, 0.15) is 0 Å². The van der Waals surface area contributed by atoms with E-state index >= 15 is 0 Å². The molecule has 0 spiro atoms. The Morgan fingerprint density at radius 1 is 1.22 bits per heavy atom. The zero-order chi connectivity index (χ0) is 16.2. The van der Waals surface area contributed by atoms with E-state index in [0.29, 0.717) is 18.7 Å².